The van der Waals surface area contributed by atoms with Crippen LogP contribution in [-0.2, 0) is 11.0 Å². The summed E-state index contributed by atoms with van der Waals surface area (Å²) < 4.78 is 36.6. The number of carbonyl (C=O) groups is 1. The molecule has 0 spiro atoms. The molecular formula is C9H10F3N3O2. The minimum atomic E-state index is -4.55. The third-order valence-corrected chi connectivity index (χ3v) is 1.97. The lowest BCUT2D eigenvalue weighted by Crippen LogP contribution is -2.30. The van der Waals surface area contributed by atoms with E-state index in [1.54, 1.807) is 6.92 Å². The van der Waals surface area contributed by atoms with Crippen LogP contribution in [0.5, 0.6) is 0 Å². The number of hydrogen-bond acceptors (Lipinski definition) is 4. The van der Waals surface area contributed by atoms with Crippen molar-refractivity contribution in [3.8, 4) is 0 Å². The number of rotatable bonds is 4. The summed E-state index contributed by atoms with van der Waals surface area (Å²) in [5.41, 5.74) is -1.10. The van der Waals surface area contributed by atoms with Crippen molar-refractivity contribution in [3.63, 3.8) is 0 Å². The van der Waals surface area contributed by atoms with E-state index in [1.807, 2.05) is 0 Å². The van der Waals surface area contributed by atoms with E-state index in [-0.39, 0.29) is 12.4 Å². The zero-order valence-corrected chi connectivity index (χ0v) is 8.90. The maximum Gasteiger partial charge on any atom is 0.435 e. The van der Waals surface area contributed by atoms with E-state index in [4.69, 9.17) is 5.11 Å². The molecule has 0 aliphatic carbocycles. The van der Waals surface area contributed by atoms with E-state index < -0.39 is 17.8 Å². The predicted molar refractivity (Wildman–Crippen MR) is 52.6 cm³/mol. The second-order valence-electron chi connectivity index (χ2n) is 3.18. The molecular weight excluding hydrogens is 239 g/mol. The van der Waals surface area contributed by atoms with Gasteiger partial charge in [-0.15, -0.1) is 10.2 Å². The van der Waals surface area contributed by atoms with E-state index >= 15 is 0 Å². The molecule has 0 aliphatic rings. The summed E-state index contributed by atoms with van der Waals surface area (Å²) in [6.07, 6.45) is -4.55. The Morgan fingerprint density at radius 3 is 2.41 bits per heavy atom. The third kappa shape index (κ3) is 3.58. The lowest BCUT2D eigenvalue weighted by Gasteiger charge is -2.18. The molecule has 0 aromatic carbocycles. The van der Waals surface area contributed by atoms with Crippen molar-refractivity contribution in [1.29, 1.82) is 0 Å². The fraction of sp³-hybridized carbons (Fsp3) is 0.444. The van der Waals surface area contributed by atoms with Crippen LogP contribution in [0.25, 0.3) is 0 Å². The molecule has 0 bridgehead atoms. The summed E-state index contributed by atoms with van der Waals surface area (Å²) in [6.45, 7) is 1.64. The molecule has 0 aliphatic heterocycles. The number of carboxylic acid groups (broad SMARTS) is 1. The van der Waals surface area contributed by atoms with Crippen molar-refractivity contribution in [1.82, 2.24) is 10.2 Å². The van der Waals surface area contributed by atoms with Gasteiger partial charge in [-0.2, -0.15) is 13.2 Å². The maximum absolute atomic E-state index is 12.2. The molecule has 8 heteroatoms. The predicted octanol–water partition coefficient (Wildman–Crippen LogP) is 1.41. The molecule has 94 valence electrons. The SMILES string of the molecule is CCN(CC(=O)O)c1ccc(C(F)(F)F)nn1. The molecule has 17 heavy (non-hydrogen) atoms. The normalized spacial score (nSPS) is 11.3. The monoisotopic (exact) mass is 249 g/mol. The first-order valence-corrected chi connectivity index (χ1v) is 4.72. The molecule has 5 nitrogen and oxygen atoms in total. The molecule has 0 radical (unpaired) electrons. The van der Waals surface area contributed by atoms with Gasteiger partial charge in [-0.3, -0.25) is 4.79 Å². The Labute approximate surface area is 94.9 Å². The first kappa shape index (κ1) is 13.2. The standard InChI is InChI=1S/C9H10F3N3O2/c1-2-15(5-8(16)17)7-4-3-6(13-14-7)9(10,11)12/h3-4H,2,5H2,1H3,(H,16,17). The van der Waals surface area contributed by atoms with Crippen LogP contribution in [0.2, 0.25) is 0 Å². The molecule has 1 aromatic heterocycles. The van der Waals surface area contributed by atoms with Gasteiger partial charge < -0.3 is 10.0 Å². The van der Waals surface area contributed by atoms with Gasteiger partial charge in [0.25, 0.3) is 0 Å². The van der Waals surface area contributed by atoms with Crippen molar-refractivity contribution >= 4 is 11.8 Å². The molecule has 0 fully saturated rings. The minimum absolute atomic E-state index is 0.0999. The molecule has 1 aromatic rings. The first-order valence-electron chi connectivity index (χ1n) is 4.72. The summed E-state index contributed by atoms with van der Waals surface area (Å²) in [7, 11) is 0. The quantitative estimate of drug-likeness (QED) is 0.873. The molecule has 1 heterocycles. The summed E-state index contributed by atoms with van der Waals surface area (Å²) >= 11 is 0. The number of halogens is 3. The van der Waals surface area contributed by atoms with Crippen LogP contribution in [0.3, 0.4) is 0 Å². The number of hydrogen-bond donors (Lipinski definition) is 1. The van der Waals surface area contributed by atoms with Crippen LogP contribution in [0.15, 0.2) is 12.1 Å². The van der Waals surface area contributed by atoms with Gasteiger partial charge in [0.2, 0.25) is 0 Å². The van der Waals surface area contributed by atoms with Crippen molar-refractivity contribution in [2.75, 3.05) is 18.0 Å². The summed E-state index contributed by atoms with van der Waals surface area (Å²) in [4.78, 5) is 11.8. The van der Waals surface area contributed by atoms with Crippen molar-refractivity contribution in [3.05, 3.63) is 17.8 Å². The van der Waals surface area contributed by atoms with Crippen molar-refractivity contribution < 1.29 is 23.1 Å². The topological polar surface area (TPSA) is 66.3 Å². The van der Waals surface area contributed by atoms with Gasteiger partial charge in [-0.25, -0.2) is 0 Å². The highest BCUT2D eigenvalue weighted by atomic mass is 19.4. The second-order valence-corrected chi connectivity index (χ2v) is 3.18. The van der Waals surface area contributed by atoms with E-state index in [2.05, 4.69) is 10.2 Å². The van der Waals surface area contributed by atoms with E-state index in [0.717, 1.165) is 12.1 Å². The molecule has 0 atom stereocenters. The molecule has 0 unspecified atom stereocenters. The smallest absolute Gasteiger partial charge is 0.435 e. The minimum Gasteiger partial charge on any atom is -0.480 e. The van der Waals surface area contributed by atoms with Crippen LogP contribution in [0, 0.1) is 0 Å². The Morgan fingerprint density at radius 2 is 2.06 bits per heavy atom. The number of aliphatic carboxylic acids is 1. The first-order chi connectivity index (χ1) is 7.84. The van der Waals surface area contributed by atoms with Crippen LogP contribution in [0.1, 0.15) is 12.6 Å². The third-order valence-electron chi connectivity index (χ3n) is 1.97. The van der Waals surface area contributed by atoms with Gasteiger partial charge in [-0.05, 0) is 19.1 Å². The van der Waals surface area contributed by atoms with Gasteiger partial charge in [0, 0.05) is 6.54 Å². The molecule has 1 rings (SSSR count). The highest BCUT2D eigenvalue weighted by Gasteiger charge is 2.33. The Kier molecular flexibility index (Phi) is 3.87. The van der Waals surface area contributed by atoms with E-state index in [0.29, 0.717) is 6.54 Å². The Hall–Kier alpha value is -1.86. The summed E-state index contributed by atoms with van der Waals surface area (Å²) in [6, 6.07) is 1.87. The maximum atomic E-state index is 12.2. The molecule has 0 saturated heterocycles. The van der Waals surface area contributed by atoms with Gasteiger partial charge in [0.1, 0.15) is 6.54 Å². The Morgan fingerprint density at radius 1 is 1.41 bits per heavy atom. The van der Waals surface area contributed by atoms with Crippen LogP contribution in [0.4, 0.5) is 19.0 Å². The van der Waals surface area contributed by atoms with Crippen LogP contribution in [-0.4, -0.2) is 34.4 Å². The zero-order chi connectivity index (χ0) is 13.1. The van der Waals surface area contributed by atoms with Crippen molar-refractivity contribution in [2.45, 2.75) is 13.1 Å². The molecule has 1 N–H and O–H groups in total. The van der Waals surface area contributed by atoms with Crippen LogP contribution >= 0.6 is 0 Å². The fourth-order valence-electron chi connectivity index (χ4n) is 1.16. The lowest BCUT2D eigenvalue weighted by molar-refractivity contribution is -0.141. The Balaban J connectivity index is 2.89. The number of carboxylic acids is 1. The summed E-state index contributed by atoms with van der Waals surface area (Å²) in [5.74, 6) is -0.989. The highest BCUT2D eigenvalue weighted by molar-refractivity contribution is 5.73. The van der Waals surface area contributed by atoms with E-state index in [9.17, 15) is 18.0 Å². The number of aromatic nitrogens is 2. The van der Waals surface area contributed by atoms with Gasteiger partial charge >= 0.3 is 12.1 Å². The van der Waals surface area contributed by atoms with Crippen molar-refractivity contribution in [2.24, 2.45) is 0 Å². The fourth-order valence-corrected chi connectivity index (χ4v) is 1.16. The number of anilines is 1. The van der Waals surface area contributed by atoms with E-state index in [1.165, 1.54) is 4.90 Å². The van der Waals surface area contributed by atoms with Gasteiger partial charge in [0.15, 0.2) is 11.5 Å². The van der Waals surface area contributed by atoms with Gasteiger partial charge in [0.05, 0.1) is 0 Å². The average molecular weight is 249 g/mol. The van der Waals surface area contributed by atoms with Crippen LogP contribution < -0.4 is 4.90 Å². The zero-order valence-electron chi connectivity index (χ0n) is 8.90. The highest BCUT2D eigenvalue weighted by Crippen LogP contribution is 2.27. The largest absolute Gasteiger partial charge is 0.480 e. The van der Waals surface area contributed by atoms with Gasteiger partial charge in [-0.1, -0.05) is 0 Å². The number of nitrogens with zero attached hydrogens (tertiary/aromatic N) is 3. The number of alkyl halides is 3. The Bertz CT molecular complexity index is 391. The molecule has 0 amide bonds. The second kappa shape index (κ2) is 4.98. The lowest BCUT2D eigenvalue weighted by atomic mass is 10.3. The average Bonchev–Trinajstić information content (AvgIpc) is 2.24. The summed E-state index contributed by atoms with van der Waals surface area (Å²) in [5, 5.41) is 15.0. The number of likely N-dealkylation sites (N-methyl/N-ethyl adjacent to an activating group) is 1. The molecule has 0 saturated carbocycles.